The van der Waals surface area contributed by atoms with Gasteiger partial charge in [0.25, 0.3) is 0 Å². The van der Waals surface area contributed by atoms with Crippen molar-refractivity contribution in [2.24, 2.45) is 0 Å². The lowest BCUT2D eigenvalue weighted by Crippen LogP contribution is -2.26. The first-order valence-corrected chi connectivity index (χ1v) is 21.6. The third kappa shape index (κ3) is 5.34. The van der Waals surface area contributed by atoms with Crippen LogP contribution in [0.5, 0.6) is 0 Å². The Hall–Kier alpha value is -8.40. The van der Waals surface area contributed by atoms with E-state index in [1.54, 1.807) is 0 Å². The molecule has 1 aromatic heterocycles. The van der Waals surface area contributed by atoms with E-state index in [0.29, 0.717) is 5.56 Å². The lowest BCUT2D eigenvalue weighted by Gasteiger charge is -2.33. The van der Waals surface area contributed by atoms with E-state index < -0.39 is 11.5 Å². The van der Waals surface area contributed by atoms with Crippen molar-refractivity contribution >= 4 is 56.1 Å². The molecule has 3 heteroatoms. The summed E-state index contributed by atoms with van der Waals surface area (Å²) in [4.78, 5) is 4.56. The van der Waals surface area contributed by atoms with Gasteiger partial charge in [-0.05, 0) is 134 Å². The minimum Gasteiger partial charge on any atom is -0.456 e. The Labute approximate surface area is 379 Å². The van der Waals surface area contributed by atoms with Crippen molar-refractivity contribution in [3.05, 3.63) is 265 Å². The van der Waals surface area contributed by atoms with Crippen LogP contribution in [-0.2, 0) is 5.41 Å². The van der Waals surface area contributed by atoms with E-state index in [1.165, 1.54) is 33.4 Å². The van der Waals surface area contributed by atoms with Gasteiger partial charge >= 0.3 is 0 Å². The van der Waals surface area contributed by atoms with Crippen LogP contribution in [0.1, 0.15) is 29.1 Å². The van der Waals surface area contributed by atoms with Crippen LogP contribution in [0.15, 0.2) is 247 Å². The van der Waals surface area contributed by atoms with Gasteiger partial charge in [-0.3, -0.25) is 0 Å². The molecule has 10 aromatic carbocycles. The standard InChI is InChI=1S/C61H40N2O/c1-4-18-41(19-5-1)42-20-16-25-45(38-42)63(57-31-17-33-59-60(57)52-28-12-15-32-58(52)64-59)47-35-37-51-49-27-11-14-30-54(49)61(56(51)40-47)53-29-13-10-26-48(53)50-36-34-46(39-55(50)61)62(43-21-6-2-7-22-43)44-23-8-3-9-24-44/h1-40H/i1D,4D,5D,18D,19D. The summed E-state index contributed by atoms with van der Waals surface area (Å²) in [7, 11) is 0. The Bertz CT molecular complexity index is 3810. The third-order valence-electron chi connectivity index (χ3n) is 13.1. The second-order valence-electron chi connectivity index (χ2n) is 16.4. The number of furan rings is 1. The van der Waals surface area contributed by atoms with Crippen LogP contribution in [-0.4, -0.2) is 0 Å². The average Bonchev–Trinajstić information content (AvgIpc) is 4.03. The Morgan fingerprint density at radius 1 is 0.359 bits per heavy atom. The van der Waals surface area contributed by atoms with Gasteiger partial charge in [-0.15, -0.1) is 0 Å². The number of hydrogen-bond acceptors (Lipinski definition) is 3. The normalized spacial score (nSPS) is 15.4. The molecule has 11 aromatic rings. The van der Waals surface area contributed by atoms with E-state index in [1.807, 2.05) is 54.6 Å². The highest BCUT2D eigenvalue weighted by Gasteiger charge is 2.52. The molecule has 2 aliphatic rings. The molecule has 64 heavy (non-hydrogen) atoms. The zero-order chi connectivity index (χ0) is 46.5. The van der Waals surface area contributed by atoms with Crippen LogP contribution in [0.2, 0.25) is 0 Å². The molecule has 0 fully saturated rings. The molecule has 0 bridgehead atoms. The lowest BCUT2D eigenvalue weighted by molar-refractivity contribution is 0.669. The number of benzene rings is 10. The van der Waals surface area contributed by atoms with Gasteiger partial charge in [-0.25, -0.2) is 0 Å². The van der Waals surface area contributed by atoms with Gasteiger partial charge in [0.05, 0.1) is 23.3 Å². The quantitative estimate of drug-likeness (QED) is 0.160. The maximum absolute atomic E-state index is 8.95. The molecule has 300 valence electrons. The van der Waals surface area contributed by atoms with Crippen molar-refractivity contribution < 1.29 is 11.3 Å². The van der Waals surface area contributed by atoms with Gasteiger partial charge in [0.1, 0.15) is 11.2 Å². The third-order valence-corrected chi connectivity index (χ3v) is 13.1. The number of nitrogens with zero attached hydrogens (tertiary/aromatic N) is 2. The van der Waals surface area contributed by atoms with E-state index in [4.69, 9.17) is 11.3 Å². The summed E-state index contributed by atoms with van der Waals surface area (Å²) in [6.45, 7) is 0. The molecule has 0 aliphatic heterocycles. The zero-order valence-corrected chi connectivity index (χ0v) is 34.5. The van der Waals surface area contributed by atoms with Crippen LogP contribution < -0.4 is 9.80 Å². The van der Waals surface area contributed by atoms with Crippen molar-refractivity contribution in [3.8, 4) is 33.4 Å². The van der Waals surface area contributed by atoms with Crippen LogP contribution in [0.3, 0.4) is 0 Å². The molecular weight excluding hydrogens is 777 g/mol. The summed E-state index contributed by atoms with van der Waals surface area (Å²) in [6.07, 6.45) is 0. The van der Waals surface area contributed by atoms with E-state index in [9.17, 15) is 0 Å². The highest BCUT2D eigenvalue weighted by molar-refractivity contribution is 6.13. The molecule has 1 unspecified atom stereocenters. The predicted molar refractivity (Wildman–Crippen MR) is 265 cm³/mol. The molecule has 0 amide bonds. The predicted octanol–water partition coefficient (Wildman–Crippen LogP) is 16.5. The second kappa shape index (κ2) is 14.3. The number of rotatable bonds is 7. The summed E-state index contributed by atoms with van der Waals surface area (Å²) < 4.78 is 49.8. The van der Waals surface area contributed by atoms with Gasteiger partial charge < -0.3 is 14.2 Å². The number of fused-ring (bicyclic) bond motifs is 13. The van der Waals surface area contributed by atoms with Gasteiger partial charge in [0.15, 0.2) is 0 Å². The van der Waals surface area contributed by atoms with Crippen molar-refractivity contribution in [2.45, 2.75) is 5.41 Å². The van der Waals surface area contributed by atoms with E-state index in [2.05, 4.69) is 168 Å². The van der Waals surface area contributed by atoms with Crippen LogP contribution >= 0.6 is 0 Å². The molecule has 0 saturated heterocycles. The van der Waals surface area contributed by atoms with Crippen LogP contribution in [0, 0.1) is 0 Å². The fraction of sp³-hybridized carbons (Fsp3) is 0.0164. The Balaban J connectivity index is 1.09. The molecule has 1 atom stereocenters. The smallest absolute Gasteiger partial charge is 0.137 e. The van der Waals surface area contributed by atoms with Gasteiger partial charge in [-0.2, -0.15) is 0 Å². The molecule has 3 nitrogen and oxygen atoms in total. The number of hydrogen-bond donors (Lipinski definition) is 0. The van der Waals surface area contributed by atoms with E-state index in [0.717, 1.165) is 67.2 Å². The fourth-order valence-electron chi connectivity index (χ4n) is 10.6. The van der Waals surface area contributed by atoms with Crippen molar-refractivity contribution in [1.82, 2.24) is 0 Å². The van der Waals surface area contributed by atoms with Gasteiger partial charge in [-0.1, -0.05) is 164 Å². The largest absolute Gasteiger partial charge is 0.456 e. The summed E-state index contributed by atoms with van der Waals surface area (Å²) in [5, 5.41) is 1.90. The van der Waals surface area contributed by atoms with Crippen molar-refractivity contribution in [1.29, 1.82) is 0 Å². The summed E-state index contributed by atoms with van der Waals surface area (Å²) >= 11 is 0. The summed E-state index contributed by atoms with van der Waals surface area (Å²) in [5.74, 6) is 0. The highest BCUT2D eigenvalue weighted by atomic mass is 16.3. The van der Waals surface area contributed by atoms with Crippen LogP contribution in [0.4, 0.5) is 34.1 Å². The fourth-order valence-corrected chi connectivity index (χ4v) is 10.6. The average molecular weight is 822 g/mol. The van der Waals surface area contributed by atoms with Gasteiger partial charge in [0, 0.05) is 33.8 Å². The first-order valence-electron chi connectivity index (χ1n) is 24.1. The summed E-state index contributed by atoms with van der Waals surface area (Å²) in [5.41, 5.74) is 16.6. The second-order valence-corrected chi connectivity index (χ2v) is 16.4. The number of para-hydroxylation sites is 3. The Kier molecular flexibility index (Phi) is 7.04. The molecule has 2 aliphatic carbocycles. The Morgan fingerprint density at radius 2 is 0.875 bits per heavy atom. The molecule has 1 spiro atoms. The zero-order valence-electron chi connectivity index (χ0n) is 39.5. The Morgan fingerprint density at radius 3 is 1.55 bits per heavy atom. The molecule has 0 N–H and O–H groups in total. The topological polar surface area (TPSA) is 19.6 Å². The minimum absolute atomic E-state index is 0.146. The first kappa shape index (κ1) is 31.4. The van der Waals surface area contributed by atoms with E-state index >= 15 is 0 Å². The van der Waals surface area contributed by atoms with Gasteiger partial charge in [0.2, 0.25) is 0 Å². The summed E-state index contributed by atoms with van der Waals surface area (Å²) in [6, 6.07) is 72.6. The number of anilines is 6. The molecule has 13 rings (SSSR count). The minimum atomic E-state index is -0.710. The molecule has 1 heterocycles. The van der Waals surface area contributed by atoms with Crippen molar-refractivity contribution in [2.75, 3.05) is 9.80 Å². The SMILES string of the molecule is [2H]c1c([2H])c([2H])c(-c2cccc(N(c3ccc4c(c3)C3(c5ccccc5-c5ccc(N(c6ccccc6)c6ccccc6)cc53)c3ccccc3-4)c3cccc4oc5ccccc5c34)c2)c([2H])c1[2H]. The van der Waals surface area contributed by atoms with Crippen molar-refractivity contribution in [3.63, 3.8) is 0 Å². The molecule has 0 radical (unpaired) electrons. The maximum Gasteiger partial charge on any atom is 0.137 e. The highest BCUT2D eigenvalue weighted by Crippen LogP contribution is 2.64. The molecule has 0 saturated carbocycles. The maximum atomic E-state index is 8.95. The van der Waals surface area contributed by atoms with E-state index in [-0.39, 0.29) is 29.7 Å². The molecular formula is C61H40N2O. The van der Waals surface area contributed by atoms with Crippen LogP contribution in [0.25, 0.3) is 55.3 Å². The monoisotopic (exact) mass is 821 g/mol. The lowest BCUT2D eigenvalue weighted by atomic mass is 9.70. The first-order chi connectivity index (χ1) is 33.8.